The van der Waals surface area contributed by atoms with E-state index in [0.29, 0.717) is 48.2 Å². The van der Waals surface area contributed by atoms with E-state index in [0.717, 1.165) is 25.7 Å². The van der Waals surface area contributed by atoms with E-state index in [1.54, 1.807) is 12.3 Å². The van der Waals surface area contributed by atoms with Crippen LogP contribution in [0.15, 0.2) is 24.4 Å². The number of benzene rings is 1. The van der Waals surface area contributed by atoms with Gasteiger partial charge in [0.1, 0.15) is 11.3 Å². The second-order valence-corrected chi connectivity index (χ2v) is 9.88. The summed E-state index contributed by atoms with van der Waals surface area (Å²) >= 11 is 6.06. The molecule has 0 spiro atoms. The molecule has 11 heteroatoms. The molecule has 2 fully saturated rings. The predicted octanol–water partition coefficient (Wildman–Crippen LogP) is 4.56. The second-order valence-electron chi connectivity index (χ2n) is 9.45. The van der Waals surface area contributed by atoms with Crippen LogP contribution in [0.3, 0.4) is 0 Å². The lowest BCUT2D eigenvalue weighted by molar-refractivity contribution is -0.122. The fourth-order valence-electron chi connectivity index (χ4n) is 5.08. The van der Waals surface area contributed by atoms with Crippen molar-refractivity contribution in [1.29, 1.82) is 0 Å². The highest BCUT2D eigenvalue weighted by Crippen LogP contribution is 2.37. The number of anilines is 3. The van der Waals surface area contributed by atoms with Crippen LogP contribution in [0.4, 0.5) is 22.0 Å². The van der Waals surface area contributed by atoms with Gasteiger partial charge >= 0.3 is 0 Å². The van der Waals surface area contributed by atoms with Crippen molar-refractivity contribution >= 4 is 46.3 Å². The van der Waals surface area contributed by atoms with E-state index in [2.05, 4.69) is 22.5 Å². The lowest BCUT2D eigenvalue weighted by Gasteiger charge is -2.29. The third-order valence-corrected chi connectivity index (χ3v) is 7.05. The van der Waals surface area contributed by atoms with Crippen LogP contribution in [0.25, 0.3) is 11.2 Å². The molecule has 9 nitrogen and oxygen atoms in total. The smallest absolute Gasteiger partial charge is 0.224 e. The summed E-state index contributed by atoms with van der Waals surface area (Å²) in [5, 5.41) is 6.94. The molecule has 5 rings (SSSR count). The first kappa shape index (κ1) is 23.7. The number of hydrogen-bond acceptors (Lipinski definition) is 7. The number of amides is 1. The van der Waals surface area contributed by atoms with E-state index >= 15 is 0 Å². The summed E-state index contributed by atoms with van der Waals surface area (Å²) < 4.78 is 21.7. The molecule has 2 atom stereocenters. The van der Waals surface area contributed by atoms with Crippen LogP contribution < -0.4 is 16.4 Å². The molecule has 1 saturated carbocycles. The number of ether oxygens (including phenoxy) is 1. The molecule has 0 radical (unpaired) electrons. The Labute approximate surface area is 207 Å². The minimum Gasteiger partial charge on any atom is -0.378 e. The summed E-state index contributed by atoms with van der Waals surface area (Å²) in [6, 6.07) is 4.54. The van der Waals surface area contributed by atoms with Gasteiger partial charge in [0.15, 0.2) is 5.65 Å². The van der Waals surface area contributed by atoms with E-state index in [1.165, 1.54) is 12.1 Å². The van der Waals surface area contributed by atoms with Crippen LogP contribution >= 0.6 is 11.6 Å². The molecule has 0 bridgehead atoms. The number of fused-ring (bicyclic) bond motifs is 1. The lowest BCUT2D eigenvalue weighted by Crippen LogP contribution is -2.33. The van der Waals surface area contributed by atoms with E-state index in [-0.39, 0.29) is 35.0 Å². The quantitative estimate of drug-likeness (QED) is 0.453. The van der Waals surface area contributed by atoms with Crippen molar-refractivity contribution in [3.63, 3.8) is 0 Å². The Morgan fingerprint density at radius 2 is 2.00 bits per heavy atom. The number of nitrogens with zero attached hydrogens (tertiary/aromatic N) is 4. The average Bonchev–Trinajstić information content (AvgIpc) is 3.15. The fourth-order valence-corrected chi connectivity index (χ4v) is 5.30. The van der Waals surface area contributed by atoms with Crippen LogP contribution in [0, 0.1) is 11.7 Å². The first-order chi connectivity index (χ1) is 16.9. The zero-order valence-electron chi connectivity index (χ0n) is 19.5. The summed E-state index contributed by atoms with van der Waals surface area (Å²) in [7, 11) is 0. The maximum absolute atomic E-state index is 14.0. The first-order valence-electron chi connectivity index (χ1n) is 12.0. The fraction of sp³-hybridized carbons (Fsp3) is 0.500. The van der Waals surface area contributed by atoms with Crippen LogP contribution in [-0.4, -0.2) is 44.2 Å². The third-order valence-electron chi connectivity index (χ3n) is 6.83. The van der Waals surface area contributed by atoms with Gasteiger partial charge < -0.3 is 21.1 Å². The Morgan fingerprint density at radius 3 is 2.71 bits per heavy atom. The summed E-state index contributed by atoms with van der Waals surface area (Å²) in [4.78, 5) is 25.7. The van der Waals surface area contributed by atoms with Crippen molar-refractivity contribution < 1.29 is 13.9 Å². The van der Waals surface area contributed by atoms with Crippen LogP contribution in [0.5, 0.6) is 0 Å². The van der Waals surface area contributed by atoms with Gasteiger partial charge in [-0.15, -0.1) is 0 Å². The molecule has 1 aliphatic heterocycles. The second kappa shape index (κ2) is 9.94. The number of carbonyl (C=O) groups excluding carboxylic acids is 1. The minimum absolute atomic E-state index is 0.0491. The minimum atomic E-state index is -0.443. The number of halogens is 2. The molecule has 1 aliphatic carbocycles. The van der Waals surface area contributed by atoms with Gasteiger partial charge in [0.2, 0.25) is 17.8 Å². The van der Waals surface area contributed by atoms with Gasteiger partial charge in [-0.25, -0.2) is 14.4 Å². The Balaban J connectivity index is 1.49. The van der Waals surface area contributed by atoms with Crippen molar-refractivity contribution in [2.45, 2.75) is 63.6 Å². The maximum Gasteiger partial charge on any atom is 0.224 e. The molecule has 1 amide bonds. The van der Waals surface area contributed by atoms with Gasteiger partial charge in [0, 0.05) is 35.3 Å². The number of nitrogens with one attached hydrogen (secondary N) is 2. The van der Waals surface area contributed by atoms with Crippen LogP contribution in [-0.2, 0) is 9.53 Å². The maximum atomic E-state index is 14.0. The molecule has 0 unspecified atom stereocenters. The molecule has 186 valence electrons. The van der Waals surface area contributed by atoms with E-state index in [4.69, 9.17) is 32.0 Å². The van der Waals surface area contributed by atoms with E-state index in [1.807, 2.05) is 4.57 Å². The number of carbonyl (C=O) groups is 1. The van der Waals surface area contributed by atoms with Gasteiger partial charge in [0.05, 0.1) is 12.3 Å². The van der Waals surface area contributed by atoms with E-state index in [9.17, 15) is 9.18 Å². The Morgan fingerprint density at radius 1 is 1.20 bits per heavy atom. The Hall–Kier alpha value is -2.98. The number of primary amides is 1. The van der Waals surface area contributed by atoms with Gasteiger partial charge in [-0.1, -0.05) is 11.6 Å². The molecule has 1 aromatic carbocycles. The molecule has 2 aromatic heterocycles. The molecular weight excluding hydrogens is 473 g/mol. The lowest BCUT2D eigenvalue weighted by atomic mass is 9.85. The number of imidazole rings is 1. The van der Waals surface area contributed by atoms with Crippen molar-refractivity contribution in [2.24, 2.45) is 11.7 Å². The number of hydrogen-bond donors (Lipinski definition) is 3. The van der Waals surface area contributed by atoms with Crippen molar-refractivity contribution in [3.05, 3.63) is 35.2 Å². The Bertz CT molecular complexity index is 1210. The molecule has 3 heterocycles. The molecule has 2 aliphatic rings. The highest BCUT2D eigenvalue weighted by molar-refractivity contribution is 6.30. The third kappa shape index (κ3) is 5.33. The summed E-state index contributed by atoms with van der Waals surface area (Å²) in [6.45, 7) is 2.76. The van der Waals surface area contributed by atoms with Crippen molar-refractivity contribution in [3.8, 4) is 0 Å². The number of aromatic nitrogens is 4. The van der Waals surface area contributed by atoms with Gasteiger partial charge in [0.25, 0.3) is 0 Å². The highest BCUT2D eigenvalue weighted by atomic mass is 35.5. The highest BCUT2D eigenvalue weighted by Gasteiger charge is 2.29. The first-order valence-corrected chi connectivity index (χ1v) is 12.4. The topological polar surface area (TPSA) is 120 Å². The molecular formula is C24H29ClFN7O2. The van der Waals surface area contributed by atoms with Gasteiger partial charge in [-0.2, -0.15) is 4.98 Å². The largest absolute Gasteiger partial charge is 0.378 e. The normalized spacial score (nSPS) is 24.9. The summed E-state index contributed by atoms with van der Waals surface area (Å²) in [5.74, 6) is 0.230. The zero-order chi connectivity index (χ0) is 24.5. The molecule has 3 aromatic rings. The van der Waals surface area contributed by atoms with Crippen molar-refractivity contribution in [1.82, 2.24) is 19.5 Å². The SMILES string of the molecule is C[C@H]1C[C@@H](Nc2ncc3nc(Nc4cc(F)cc(Cl)c4)n(C4CCC(C(N)=O)CC4)c3n2)CCO1. The standard InChI is InChI=1S/C24H29ClFN7O2/c1-13-8-17(6-7-35-13)29-23-28-12-20-22(32-23)33(19-4-2-14(3-5-19)21(27)34)24(31-20)30-18-10-15(25)9-16(26)11-18/h9-14,17,19H,2-8H2,1H3,(H2,27,34)(H,30,31)(H,28,29,32)/t13-,14?,17-,19?/m0/s1. The number of rotatable bonds is 6. The monoisotopic (exact) mass is 501 g/mol. The number of nitrogens with two attached hydrogens (primary N) is 1. The summed E-state index contributed by atoms with van der Waals surface area (Å²) in [5.41, 5.74) is 7.33. The predicted molar refractivity (Wildman–Crippen MR) is 132 cm³/mol. The van der Waals surface area contributed by atoms with E-state index < -0.39 is 5.82 Å². The molecule has 4 N–H and O–H groups in total. The van der Waals surface area contributed by atoms with Crippen molar-refractivity contribution in [2.75, 3.05) is 17.2 Å². The zero-order valence-corrected chi connectivity index (χ0v) is 20.3. The molecule has 35 heavy (non-hydrogen) atoms. The Kier molecular flexibility index (Phi) is 6.75. The van der Waals surface area contributed by atoms with Crippen LogP contribution in [0.1, 0.15) is 51.5 Å². The summed E-state index contributed by atoms with van der Waals surface area (Å²) in [6.07, 6.45) is 6.54. The molecule has 1 saturated heterocycles. The van der Waals surface area contributed by atoms with Crippen LogP contribution in [0.2, 0.25) is 5.02 Å². The van der Waals surface area contributed by atoms with Gasteiger partial charge in [-0.05, 0) is 63.6 Å². The van der Waals surface area contributed by atoms with Gasteiger partial charge in [-0.3, -0.25) is 9.36 Å². The average molecular weight is 502 g/mol.